The predicted octanol–water partition coefficient (Wildman–Crippen LogP) is 0.934. The fourth-order valence-corrected chi connectivity index (χ4v) is 1.84. The second-order valence-electron chi connectivity index (χ2n) is 4.63. The van der Waals surface area contributed by atoms with E-state index in [1.54, 1.807) is 0 Å². The molecule has 1 rings (SSSR count). The van der Waals surface area contributed by atoms with Gasteiger partial charge in [0.05, 0.1) is 12.5 Å². The summed E-state index contributed by atoms with van der Waals surface area (Å²) in [6, 6.07) is 0.109. The Hall–Kier alpha value is -0.320. The molecule has 3 N–H and O–H groups in total. The largest absolute Gasteiger partial charge is 0.381 e. The first-order valence-corrected chi connectivity index (χ1v) is 5.71. The summed E-state index contributed by atoms with van der Waals surface area (Å²) in [7, 11) is 0. The van der Waals surface area contributed by atoms with Crippen molar-refractivity contribution in [3.05, 3.63) is 0 Å². The van der Waals surface area contributed by atoms with Crippen LogP contribution in [-0.2, 0) is 9.53 Å². The van der Waals surface area contributed by atoms with Crippen molar-refractivity contribution in [2.75, 3.05) is 19.8 Å². The van der Waals surface area contributed by atoms with Crippen LogP contribution in [0.2, 0.25) is 0 Å². The molecule has 0 aromatic carbocycles. The zero-order valence-electron chi connectivity index (χ0n) is 10.1. The summed E-state index contributed by atoms with van der Waals surface area (Å²) in [6.45, 7) is 6.04. The van der Waals surface area contributed by atoms with Gasteiger partial charge >= 0.3 is 0 Å². The highest BCUT2D eigenvalue weighted by Crippen LogP contribution is 2.13. The van der Waals surface area contributed by atoms with Crippen LogP contribution in [0.25, 0.3) is 0 Å². The molecule has 0 spiro atoms. The highest BCUT2D eigenvalue weighted by molar-refractivity contribution is 5.85. The van der Waals surface area contributed by atoms with E-state index in [0.717, 1.165) is 12.8 Å². The van der Waals surface area contributed by atoms with E-state index < -0.39 is 0 Å². The second kappa shape index (κ2) is 7.87. The van der Waals surface area contributed by atoms with Gasteiger partial charge in [-0.2, -0.15) is 0 Å². The highest BCUT2D eigenvalue weighted by Gasteiger charge is 2.25. The molecule has 1 fully saturated rings. The van der Waals surface area contributed by atoms with Crippen LogP contribution in [0.5, 0.6) is 0 Å². The van der Waals surface area contributed by atoms with E-state index in [1.165, 1.54) is 0 Å². The normalized spacial score (nSPS) is 21.6. The molecule has 1 heterocycles. The minimum Gasteiger partial charge on any atom is -0.381 e. The molecule has 1 saturated heterocycles. The Bertz CT molecular complexity index is 206. The lowest BCUT2D eigenvalue weighted by Gasteiger charge is -2.20. The molecule has 0 aliphatic carbocycles. The molecule has 2 atom stereocenters. The fraction of sp³-hybridized carbons (Fsp3) is 0.909. The van der Waals surface area contributed by atoms with Crippen LogP contribution >= 0.6 is 12.4 Å². The Morgan fingerprint density at radius 2 is 2.25 bits per heavy atom. The Labute approximate surface area is 104 Å². The van der Waals surface area contributed by atoms with Crippen molar-refractivity contribution >= 4 is 18.3 Å². The number of halogens is 1. The summed E-state index contributed by atoms with van der Waals surface area (Å²) in [6.07, 6.45) is 1.78. The van der Waals surface area contributed by atoms with Gasteiger partial charge in [0.1, 0.15) is 0 Å². The van der Waals surface area contributed by atoms with Gasteiger partial charge in [-0.15, -0.1) is 12.4 Å². The lowest BCUT2D eigenvalue weighted by Crippen LogP contribution is -2.43. The molecule has 0 saturated carbocycles. The first-order valence-electron chi connectivity index (χ1n) is 5.71. The first kappa shape index (κ1) is 15.7. The number of carbonyl (C=O) groups is 1. The molecular formula is C11H23ClN2O2. The average Bonchev–Trinajstić information content (AvgIpc) is 2.68. The minimum atomic E-state index is 0. The maximum atomic E-state index is 11.7. The fourth-order valence-electron chi connectivity index (χ4n) is 1.84. The van der Waals surface area contributed by atoms with Gasteiger partial charge in [0.2, 0.25) is 5.91 Å². The molecule has 1 aliphatic heterocycles. The number of amides is 1. The number of carbonyl (C=O) groups excluding carboxylic acids is 1. The van der Waals surface area contributed by atoms with Gasteiger partial charge in [-0.1, -0.05) is 13.8 Å². The van der Waals surface area contributed by atoms with E-state index in [9.17, 15) is 4.79 Å². The van der Waals surface area contributed by atoms with E-state index in [1.807, 2.05) is 0 Å². The van der Waals surface area contributed by atoms with Gasteiger partial charge in [-0.05, 0) is 18.8 Å². The number of nitrogens with two attached hydrogens (primary N) is 1. The van der Waals surface area contributed by atoms with Crippen molar-refractivity contribution in [2.45, 2.75) is 32.7 Å². The predicted molar refractivity (Wildman–Crippen MR) is 66.6 cm³/mol. The van der Waals surface area contributed by atoms with E-state index in [2.05, 4.69) is 19.2 Å². The van der Waals surface area contributed by atoms with Crippen molar-refractivity contribution in [3.63, 3.8) is 0 Å². The molecule has 0 bridgehead atoms. The molecule has 2 unspecified atom stereocenters. The molecule has 4 nitrogen and oxygen atoms in total. The van der Waals surface area contributed by atoms with Gasteiger partial charge in [-0.3, -0.25) is 4.79 Å². The minimum absolute atomic E-state index is 0. The molecule has 0 aromatic rings. The monoisotopic (exact) mass is 250 g/mol. The maximum absolute atomic E-state index is 11.7. The summed E-state index contributed by atoms with van der Waals surface area (Å²) in [5.74, 6) is 0.688. The molecule has 16 heavy (non-hydrogen) atoms. The van der Waals surface area contributed by atoms with Crippen LogP contribution in [0, 0.1) is 11.8 Å². The summed E-state index contributed by atoms with van der Waals surface area (Å²) < 4.78 is 5.18. The van der Waals surface area contributed by atoms with Gasteiger partial charge in [0.25, 0.3) is 0 Å². The van der Waals surface area contributed by atoms with Gasteiger partial charge in [0.15, 0.2) is 0 Å². The van der Waals surface area contributed by atoms with Gasteiger partial charge in [0, 0.05) is 19.2 Å². The second-order valence-corrected chi connectivity index (χ2v) is 4.63. The molecule has 0 radical (unpaired) electrons. The zero-order chi connectivity index (χ0) is 11.3. The van der Waals surface area contributed by atoms with Crippen LogP contribution < -0.4 is 11.1 Å². The Morgan fingerprint density at radius 1 is 1.56 bits per heavy atom. The van der Waals surface area contributed by atoms with Gasteiger partial charge < -0.3 is 15.8 Å². The third kappa shape index (κ3) is 5.14. The van der Waals surface area contributed by atoms with Crippen molar-refractivity contribution < 1.29 is 9.53 Å². The topological polar surface area (TPSA) is 64.3 Å². The Balaban J connectivity index is 0.00000225. The Kier molecular flexibility index (Phi) is 7.72. The number of rotatable bonds is 5. The molecule has 5 heteroatoms. The van der Waals surface area contributed by atoms with Crippen LogP contribution in [0.4, 0.5) is 0 Å². The molecule has 1 amide bonds. The number of hydrogen-bond acceptors (Lipinski definition) is 3. The Morgan fingerprint density at radius 3 is 2.69 bits per heavy atom. The number of hydrogen-bond donors (Lipinski definition) is 2. The van der Waals surface area contributed by atoms with Crippen LogP contribution in [0.15, 0.2) is 0 Å². The SMILES string of the molecule is CC(C)CC(CN)NC(=O)C1CCOC1.Cl. The summed E-state index contributed by atoms with van der Waals surface area (Å²) >= 11 is 0. The number of ether oxygens (including phenoxy) is 1. The quantitative estimate of drug-likeness (QED) is 0.763. The van der Waals surface area contributed by atoms with Crippen LogP contribution in [0.3, 0.4) is 0 Å². The highest BCUT2D eigenvalue weighted by atomic mass is 35.5. The van der Waals surface area contributed by atoms with Crippen LogP contribution in [0.1, 0.15) is 26.7 Å². The summed E-state index contributed by atoms with van der Waals surface area (Å²) in [5, 5.41) is 3.00. The van der Waals surface area contributed by atoms with Crippen molar-refractivity contribution in [1.29, 1.82) is 0 Å². The maximum Gasteiger partial charge on any atom is 0.225 e. The van der Waals surface area contributed by atoms with E-state index in [4.69, 9.17) is 10.5 Å². The van der Waals surface area contributed by atoms with E-state index >= 15 is 0 Å². The van der Waals surface area contributed by atoms with Crippen molar-refractivity contribution in [1.82, 2.24) is 5.32 Å². The average molecular weight is 251 g/mol. The van der Waals surface area contributed by atoms with Crippen molar-refractivity contribution in [3.8, 4) is 0 Å². The summed E-state index contributed by atoms with van der Waals surface area (Å²) in [4.78, 5) is 11.7. The smallest absolute Gasteiger partial charge is 0.225 e. The van der Waals surface area contributed by atoms with Crippen LogP contribution in [-0.4, -0.2) is 31.7 Å². The molecule has 0 aromatic heterocycles. The molecular weight excluding hydrogens is 228 g/mol. The third-order valence-corrected chi connectivity index (χ3v) is 2.69. The van der Waals surface area contributed by atoms with E-state index in [0.29, 0.717) is 25.7 Å². The molecule has 96 valence electrons. The zero-order valence-corrected chi connectivity index (χ0v) is 10.9. The first-order chi connectivity index (χ1) is 7.13. The third-order valence-electron chi connectivity index (χ3n) is 2.69. The molecule has 1 aliphatic rings. The number of nitrogens with one attached hydrogen (secondary N) is 1. The summed E-state index contributed by atoms with van der Waals surface area (Å²) in [5.41, 5.74) is 5.62. The van der Waals surface area contributed by atoms with Crippen molar-refractivity contribution in [2.24, 2.45) is 17.6 Å². The lowest BCUT2D eigenvalue weighted by atomic mass is 10.0. The van der Waals surface area contributed by atoms with Gasteiger partial charge in [-0.25, -0.2) is 0 Å². The lowest BCUT2D eigenvalue weighted by molar-refractivity contribution is -0.125. The van der Waals surface area contributed by atoms with E-state index in [-0.39, 0.29) is 30.3 Å². The standard InChI is InChI=1S/C11H22N2O2.ClH/c1-8(2)5-10(6-12)13-11(14)9-3-4-15-7-9;/h8-10H,3-7,12H2,1-2H3,(H,13,14);1H.